The summed E-state index contributed by atoms with van der Waals surface area (Å²) in [6.07, 6.45) is 5.63. The third-order valence-electron chi connectivity index (χ3n) is 24.1. The van der Waals surface area contributed by atoms with Crippen molar-refractivity contribution in [2.24, 2.45) is 0 Å². The van der Waals surface area contributed by atoms with Crippen LogP contribution < -0.4 is 9.80 Å². The van der Waals surface area contributed by atoms with Crippen molar-refractivity contribution in [2.45, 2.75) is 31.6 Å². The van der Waals surface area contributed by atoms with Crippen molar-refractivity contribution in [3.63, 3.8) is 0 Å². The molecule has 19 aromatic rings. The monoisotopic (exact) mass is 1620 g/mol. The first-order valence-corrected chi connectivity index (χ1v) is 43.9. The van der Waals surface area contributed by atoms with Crippen LogP contribution in [0.4, 0.5) is 34.1 Å². The highest BCUT2D eigenvalue weighted by Gasteiger charge is 2.55. The molecule has 13 heteroatoms. The van der Waals surface area contributed by atoms with Crippen LogP contribution in [0, 0.1) is 20.8 Å². The largest absolute Gasteiger partial charge is 0.310 e. The third-order valence-corrected chi connectivity index (χ3v) is 28.4. The summed E-state index contributed by atoms with van der Waals surface area (Å²) in [6.45, 7) is 15.0. The van der Waals surface area contributed by atoms with E-state index in [1.54, 1.807) is 6.20 Å². The number of rotatable bonds is 13. The van der Waals surface area contributed by atoms with E-state index in [0.717, 1.165) is 83.9 Å². The summed E-state index contributed by atoms with van der Waals surface area (Å²) in [5.41, 5.74) is 33.0. The Morgan fingerprint density at radius 2 is 0.719 bits per heavy atom. The summed E-state index contributed by atoms with van der Waals surface area (Å²) in [4.78, 5) is 46.8. The Balaban J connectivity index is 0.000000151. The Kier molecular flexibility index (Phi) is 17.9. The van der Waals surface area contributed by atoms with E-state index < -0.39 is 10.8 Å². The lowest BCUT2D eigenvalue weighted by Crippen LogP contribution is -2.36. The normalized spacial score (nSPS) is 13.1. The van der Waals surface area contributed by atoms with Gasteiger partial charge in [-0.05, 0) is 222 Å². The van der Waals surface area contributed by atoms with Crippen molar-refractivity contribution in [2.75, 3.05) is 9.80 Å². The van der Waals surface area contributed by atoms with Crippen molar-refractivity contribution in [1.29, 1.82) is 0 Å². The first kappa shape index (κ1) is 73.1. The molecule has 0 amide bonds. The Morgan fingerprint density at radius 3 is 1.26 bits per heavy atom. The molecule has 2 spiro atoms. The molecule has 0 saturated heterocycles. The van der Waals surface area contributed by atoms with Crippen LogP contribution in [0.25, 0.3) is 133 Å². The number of thiophene rings is 4. The number of aryl methyl sites for hydroxylation is 3. The molecule has 9 nitrogen and oxygen atoms in total. The van der Waals surface area contributed by atoms with E-state index in [1.165, 1.54) is 103 Å². The Morgan fingerprint density at radius 1 is 0.289 bits per heavy atom. The minimum Gasteiger partial charge on any atom is -0.310 e. The SMILES string of the molecule is C=Cc1cc2c(cc1C=C)C1(c3ccccc3N2c2cccc(-c3nc(-c4ccccc4)nc(-c4ccccn4)n3)c2)c2ccsc2-c2sccc21.Cc1ccc(-c2cc3c(s2)-c2sccc2C32c3ccccc3N(c3cc(C)c(-c4nc(-c5ccc(-c6ccccc6)cc5)nc(-c5ccc(-c6ccccc6)cc5)n4)cc3C)c3ccccc32)cc1. The van der Waals surface area contributed by atoms with Gasteiger partial charge in [-0.1, -0.05) is 267 Å². The summed E-state index contributed by atoms with van der Waals surface area (Å²) in [5, 5.41) is 6.75. The molecule has 121 heavy (non-hydrogen) atoms. The molecule has 0 fully saturated rings. The number of pyridine rings is 1. The van der Waals surface area contributed by atoms with E-state index in [9.17, 15) is 0 Å². The Labute approximate surface area is 718 Å². The van der Waals surface area contributed by atoms with Gasteiger partial charge in [0.15, 0.2) is 34.9 Å². The van der Waals surface area contributed by atoms with Gasteiger partial charge >= 0.3 is 0 Å². The fourth-order valence-electron chi connectivity index (χ4n) is 18.5. The number of hydrogen-bond acceptors (Lipinski definition) is 13. The van der Waals surface area contributed by atoms with E-state index in [0.29, 0.717) is 40.6 Å². The van der Waals surface area contributed by atoms with Crippen LogP contribution >= 0.6 is 45.3 Å². The maximum Gasteiger partial charge on any atom is 0.182 e. The molecule has 12 aromatic carbocycles. The quantitative estimate of drug-likeness (QED) is 0.112. The molecule has 0 unspecified atom stereocenters. The molecule has 574 valence electrons. The van der Waals surface area contributed by atoms with Gasteiger partial charge in [0.1, 0.15) is 5.69 Å². The summed E-state index contributed by atoms with van der Waals surface area (Å²) >= 11 is 7.44. The molecule has 0 saturated carbocycles. The van der Waals surface area contributed by atoms with Crippen molar-refractivity contribution in [1.82, 2.24) is 34.9 Å². The van der Waals surface area contributed by atoms with E-state index in [1.807, 2.05) is 118 Å². The fraction of sp³-hybridized carbons (Fsp3) is 0.0463. The van der Waals surface area contributed by atoms with Gasteiger partial charge in [0.2, 0.25) is 0 Å². The number of anilines is 6. The minimum atomic E-state index is -0.474. The third kappa shape index (κ3) is 11.9. The second-order valence-corrected chi connectivity index (χ2v) is 34.7. The molecule has 2 aliphatic carbocycles. The van der Waals surface area contributed by atoms with Gasteiger partial charge in [0.25, 0.3) is 0 Å². The molecule has 7 aromatic heterocycles. The Hall–Kier alpha value is -14.3. The molecule has 23 rings (SSSR count). The average Bonchev–Trinajstić information content (AvgIpc) is 1.53. The number of fused-ring (bicyclic) bond motifs is 18. The zero-order chi connectivity index (χ0) is 81.0. The Bertz CT molecular complexity index is 7050. The summed E-state index contributed by atoms with van der Waals surface area (Å²) in [6, 6.07) is 117. The standard InChI is InChI=1S/C63H44N4S2.C45H29N5S2/c1-39-22-24-46(25-23-39)57-38-53-59(69-57)58-52(34-35-68-58)63(53)50-18-10-12-20-54(50)67(55-21-13-11-19-51(55)63)56-37-40(2)49(36-41(56)3)62-65-60(47-30-26-44(27-31-47)42-14-6-4-7-15-42)64-61(66-62)48-32-28-45(29-33-48)43-16-8-5-9-17-43;1-3-28-26-36-39(27-29(28)4-2)50(38-19-9-8-17-33(38)45(36)34-20-23-51-40(34)41-35(45)21-24-52-41)32-16-12-15-31(25-32)43-47-42(30-13-6-5-7-14-30)48-44(49-43)37-18-10-11-22-46-37/h4-38H,1-3H3;3-27H,1-2H2. The van der Waals surface area contributed by atoms with E-state index in [-0.39, 0.29) is 0 Å². The molecule has 2 aliphatic heterocycles. The second-order valence-electron chi connectivity index (χ2n) is 30.9. The number of para-hydroxylation sites is 3. The molecule has 9 heterocycles. The zero-order valence-electron chi connectivity index (χ0n) is 66.2. The van der Waals surface area contributed by atoms with Crippen LogP contribution in [-0.2, 0) is 10.8 Å². The second kappa shape index (κ2) is 29.6. The maximum atomic E-state index is 5.26. The molecular formula is C108H73N9S4. The molecule has 0 bridgehead atoms. The van der Waals surface area contributed by atoms with Crippen molar-refractivity contribution in [3.8, 4) is 121 Å². The topological polar surface area (TPSA) is 96.7 Å². The highest BCUT2D eigenvalue weighted by atomic mass is 32.1. The summed E-state index contributed by atoms with van der Waals surface area (Å²) in [7, 11) is 0. The van der Waals surface area contributed by atoms with Crippen LogP contribution in [0.2, 0.25) is 0 Å². The maximum absolute atomic E-state index is 5.26. The lowest BCUT2D eigenvalue weighted by atomic mass is 9.65. The molecule has 0 N–H and O–H groups in total. The zero-order valence-corrected chi connectivity index (χ0v) is 69.5. The lowest BCUT2D eigenvalue weighted by molar-refractivity contribution is 0.755. The van der Waals surface area contributed by atoms with Crippen LogP contribution in [0.5, 0.6) is 0 Å². The lowest BCUT2D eigenvalue weighted by Gasteiger charge is -2.45. The predicted octanol–water partition coefficient (Wildman–Crippen LogP) is 28.9. The van der Waals surface area contributed by atoms with Crippen molar-refractivity contribution >= 4 is 91.6 Å². The van der Waals surface area contributed by atoms with E-state index in [4.69, 9.17) is 29.9 Å². The van der Waals surface area contributed by atoms with Crippen molar-refractivity contribution < 1.29 is 0 Å². The summed E-state index contributed by atoms with van der Waals surface area (Å²) < 4.78 is 0. The van der Waals surface area contributed by atoms with E-state index in [2.05, 4.69) is 332 Å². The fourth-order valence-corrected chi connectivity index (χ4v) is 23.0. The van der Waals surface area contributed by atoms with Crippen LogP contribution in [0.15, 0.2) is 363 Å². The van der Waals surface area contributed by atoms with Gasteiger partial charge < -0.3 is 9.80 Å². The van der Waals surface area contributed by atoms with Gasteiger partial charge in [-0.25, -0.2) is 29.9 Å². The number of aromatic nitrogens is 7. The highest BCUT2D eigenvalue weighted by molar-refractivity contribution is 7.24. The van der Waals surface area contributed by atoms with Crippen LogP contribution in [0.1, 0.15) is 72.3 Å². The highest BCUT2D eigenvalue weighted by Crippen LogP contribution is 2.69. The molecule has 0 radical (unpaired) electrons. The van der Waals surface area contributed by atoms with E-state index >= 15 is 0 Å². The van der Waals surface area contributed by atoms with Crippen LogP contribution in [0.3, 0.4) is 0 Å². The number of benzene rings is 12. The smallest absolute Gasteiger partial charge is 0.182 e. The van der Waals surface area contributed by atoms with Crippen LogP contribution in [-0.4, -0.2) is 34.9 Å². The van der Waals surface area contributed by atoms with Gasteiger partial charge in [-0.15, -0.1) is 45.3 Å². The first-order valence-electron chi connectivity index (χ1n) is 40.4. The van der Waals surface area contributed by atoms with Gasteiger partial charge in [-0.3, -0.25) is 4.98 Å². The predicted molar refractivity (Wildman–Crippen MR) is 503 cm³/mol. The molecular weight excluding hydrogens is 1550 g/mol. The average molecular weight is 1630 g/mol. The number of nitrogens with zero attached hydrogens (tertiary/aromatic N) is 9. The minimum absolute atomic E-state index is 0.465. The summed E-state index contributed by atoms with van der Waals surface area (Å²) in [5.74, 6) is 3.61. The number of hydrogen-bond donors (Lipinski definition) is 0. The molecule has 4 aliphatic rings. The van der Waals surface area contributed by atoms with Gasteiger partial charge in [0, 0.05) is 64.9 Å². The molecule has 0 atom stereocenters. The van der Waals surface area contributed by atoms with Crippen molar-refractivity contribution in [3.05, 3.63) is 435 Å². The van der Waals surface area contributed by atoms with Gasteiger partial charge in [0.05, 0.1) is 38.5 Å². The first-order chi connectivity index (χ1) is 59.6. The van der Waals surface area contributed by atoms with Gasteiger partial charge in [-0.2, -0.15) is 0 Å².